The summed E-state index contributed by atoms with van der Waals surface area (Å²) in [4.78, 5) is 17.6. The van der Waals surface area contributed by atoms with Gasteiger partial charge in [-0.15, -0.1) is 0 Å². The van der Waals surface area contributed by atoms with Gasteiger partial charge in [0.1, 0.15) is 5.39 Å². The van der Waals surface area contributed by atoms with E-state index in [0.29, 0.717) is 22.7 Å². The minimum Gasteiger partial charge on any atom is -0.382 e. The highest BCUT2D eigenvalue weighted by molar-refractivity contribution is 6.16. The van der Waals surface area contributed by atoms with Crippen molar-refractivity contribution in [1.82, 2.24) is 14.8 Å². The molecule has 0 bridgehead atoms. The molecule has 0 radical (unpaired) electrons. The molecule has 0 spiro atoms. The second-order valence-corrected chi connectivity index (χ2v) is 7.61. The van der Waals surface area contributed by atoms with Crippen LogP contribution in [0.3, 0.4) is 0 Å². The second-order valence-electron chi connectivity index (χ2n) is 7.61. The van der Waals surface area contributed by atoms with Crippen molar-refractivity contribution in [1.29, 1.82) is 0 Å². The molecule has 3 N–H and O–H groups in total. The van der Waals surface area contributed by atoms with Crippen LogP contribution in [0.4, 0.5) is 5.82 Å². The van der Waals surface area contributed by atoms with E-state index in [1.807, 2.05) is 30.7 Å². The molecule has 4 rings (SSSR count). The summed E-state index contributed by atoms with van der Waals surface area (Å²) in [5.41, 5.74) is 9.58. The number of rotatable bonds is 5. The van der Waals surface area contributed by atoms with Gasteiger partial charge in [-0.05, 0) is 57.4 Å². The topological polar surface area (TPSA) is 89.1 Å². The Bertz CT molecular complexity index is 925. The average molecular weight is 339 g/mol. The standard InChI is InChI=1S/C19H25N5O/c1-10(2)8-14(21-3)13-9-24(17(11-4-5-11)12-6-7-12)19(25)15-16(13)22-23-18(15)20/h8-9,11-12,17H,4-7H2,1-3H3,(H3,20,22,23). The van der Waals surface area contributed by atoms with Gasteiger partial charge >= 0.3 is 0 Å². The Labute approximate surface area is 146 Å². The lowest BCUT2D eigenvalue weighted by molar-refractivity contribution is 0.386. The van der Waals surface area contributed by atoms with E-state index in [0.717, 1.165) is 16.8 Å². The first-order valence-electron chi connectivity index (χ1n) is 9.02. The molecule has 2 aromatic rings. The summed E-state index contributed by atoms with van der Waals surface area (Å²) in [6.07, 6.45) is 8.86. The molecular weight excluding hydrogens is 314 g/mol. The Morgan fingerprint density at radius 3 is 2.52 bits per heavy atom. The third-order valence-corrected chi connectivity index (χ3v) is 5.25. The normalized spacial score (nSPS) is 18.2. The maximum atomic E-state index is 13.2. The molecule has 2 saturated carbocycles. The zero-order chi connectivity index (χ0) is 17.7. The van der Waals surface area contributed by atoms with Crippen molar-refractivity contribution in [3.05, 3.63) is 33.8 Å². The first-order valence-corrected chi connectivity index (χ1v) is 9.02. The predicted molar refractivity (Wildman–Crippen MR) is 101 cm³/mol. The minimum absolute atomic E-state index is 0.0264. The molecule has 2 aromatic heterocycles. The SMILES string of the molecule is CN=C(C=C(C)C)c1cn(C(C2CC2)C2CC2)c(=O)c2c(N)n[nH]c12. The van der Waals surface area contributed by atoms with Crippen LogP contribution in [0.5, 0.6) is 0 Å². The molecule has 6 heteroatoms. The molecule has 0 atom stereocenters. The zero-order valence-corrected chi connectivity index (χ0v) is 15.0. The average Bonchev–Trinajstić information content (AvgIpc) is 3.48. The van der Waals surface area contributed by atoms with Gasteiger partial charge in [0.15, 0.2) is 5.82 Å². The van der Waals surface area contributed by atoms with E-state index in [2.05, 4.69) is 15.2 Å². The maximum absolute atomic E-state index is 13.2. The van der Waals surface area contributed by atoms with Crippen LogP contribution >= 0.6 is 0 Å². The van der Waals surface area contributed by atoms with Gasteiger partial charge in [-0.25, -0.2) is 0 Å². The van der Waals surface area contributed by atoms with Gasteiger partial charge in [0.2, 0.25) is 0 Å². The minimum atomic E-state index is -0.0264. The van der Waals surface area contributed by atoms with E-state index in [9.17, 15) is 4.79 Å². The number of nitrogens with one attached hydrogen (secondary N) is 1. The molecule has 2 heterocycles. The number of anilines is 1. The number of hydrogen-bond donors (Lipinski definition) is 2. The van der Waals surface area contributed by atoms with Crippen molar-refractivity contribution >= 4 is 22.4 Å². The lowest BCUT2D eigenvalue weighted by atomic mass is 10.0. The van der Waals surface area contributed by atoms with Crippen molar-refractivity contribution in [3.63, 3.8) is 0 Å². The molecule has 0 aromatic carbocycles. The summed E-state index contributed by atoms with van der Waals surface area (Å²) in [6.45, 7) is 4.08. The Kier molecular flexibility index (Phi) is 3.78. The molecule has 132 valence electrons. The van der Waals surface area contributed by atoms with Crippen molar-refractivity contribution in [2.45, 2.75) is 45.6 Å². The smallest absolute Gasteiger partial charge is 0.264 e. The van der Waals surface area contributed by atoms with E-state index < -0.39 is 0 Å². The number of allylic oxidation sites excluding steroid dienone is 2. The van der Waals surface area contributed by atoms with Crippen LogP contribution in [0.25, 0.3) is 10.9 Å². The second kappa shape index (κ2) is 5.86. The Balaban J connectivity index is 1.98. The van der Waals surface area contributed by atoms with Gasteiger partial charge in [0.05, 0.1) is 11.2 Å². The van der Waals surface area contributed by atoms with Gasteiger partial charge < -0.3 is 10.3 Å². The summed E-state index contributed by atoms with van der Waals surface area (Å²) < 4.78 is 1.93. The summed E-state index contributed by atoms with van der Waals surface area (Å²) in [5.74, 6) is 1.51. The Morgan fingerprint density at radius 1 is 1.36 bits per heavy atom. The summed E-state index contributed by atoms with van der Waals surface area (Å²) >= 11 is 0. The fourth-order valence-electron chi connectivity index (χ4n) is 3.83. The fourth-order valence-corrected chi connectivity index (χ4v) is 3.83. The summed E-state index contributed by atoms with van der Waals surface area (Å²) in [7, 11) is 1.77. The highest BCUT2D eigenvalue weighted by Crippen LogP contribution is 2.51. The molecule has 25 heavy (non-hydrogen) atoms. The van der Waals surface area contributed by atoms with Crippen molar-refractivity contribution < 1.29 is 0 Å². The molecule has 0 amide bonds. The quantitative estimate of drug-likeness (QED) is 0.821. The Hall–Kier alpha value is -2.37. The summed E-state index contributed by atoms with van der Waals surface area (Å²) in [6, 6.07) is 0.287. The number of aliphatic imine (C=N–C) groups is 1. The van der Waals surface area contributed by atoms with Crippen LogP contribution < -0.4 is 11.3 Å². The highest BCUT2D eigenvalue weighted by atomic mass is 16.1. The number of H-pyrrole nitrogens is 1. The third-order valence-electron chi connectivity index (χ3n) is 5.25. The first kappa shape index (κ1) is 16.1. The molecule has 0 aliphatic heterocycles. The third kappa shape index (κ3) is 2.79. The predicted octanol–water partition coefficient (Wildman–Crippen LogP) is 3.05. The van der Waals surface area contributed by atoms with Crippen LogP contribution in [0, 0.1) is 11.8 Å². The number of nitrogen functional groups attached to an aromatic ring is 1. The van der Waals surface area contributed by atoms with E-state index >= 15 is 0 Å². The number of aromatic nitrogens is 3. The number of nitrogens with two attached hydrogens (primary N) is 1. The van der Waals surface area contributed by atoms with Crippen molar-refractivity contribution in [2.24, 2.45) is 16.8 Å². The van der Waals surface area contributed by atoms with E-state index in [4.69, 9.17) is 5.73 Å². The highest BCUT2D eigenvalue weighted by Gasteiger charge is 2.43. The monoisotopic (exact) mass is 339 g/mol. The van der Waals surface area contributed by atoms with E-state index in [1.165, 1.54) is 25.7 Å². The van der Waals surface area contributed by atoms with Crippen LogP contribution in [0.15, 0.2) is 27.6 Å². The zero-order valence-electron chi connectivity index (χ0n) is 15.0. The first-order chi connectivity index (χ1) is 12.0. The summed E-state index contributed by atoms with van der Waals surface area (Å²) in [5, 5.41) is 7.53. The number of nitrogens with zero attached hydrogens (tertiary/aromatic N) is 3. The molecule has 0 unspecified atom stereocenters. The van der Waals surface area contributed by atoms with E-state index in [-0.39, 0.29) is 17.4 Å². The largest absolute Gasteiger partial charge is 0.382 e. The van der Waals surface area contributed by atoms with Gasteiger partial charge in [-0.2, -0.15) is 5.10 Å². The van der Waals surface area contributed by atoms with Gasteiger partial charge in [0, 0.05) is 24.8 Å². The lowest BCUT2D eigenvalue weighted by Gasteiger charge is -2.20. The molecule has 2 fully saturated rings. The van der Waals surface area contributed by atoms with Gasteiger partial charge in [0.25, 0.3) is 5.56 Å². The fraction of sp³-hybridized carbons (Fsp3) is 0.526. The number of aromatic amines is 1. The van der Waals surface area contributed by atoms with Crippen LogP contribution in [0.1, 0.15) is 51.1 Å². The molecule has 6 nitrogen and oxygen atoms in total. The van der Waals surface area contributed by atoms with Crippen molar-refractivity contribution in [3.8, 4) is 0 Å². The van der Waals surface area contributed by atoms with Crippen LogP contribution in [-0.2, 0) is 0 Å². The number of hydrogen-bond acceptors (Lipinski definition) is 4. The van der Waals surface area contributed by atoms with Gasteiger partial charge in [-0.1, -0.05) is 5.57 Å². The molecule has 0 saturated heterocycles. The van der Waals surface area contributed by atoms with E-state index in [1.54, 1.807) is 7.05 Å². The molecule has 2 aliphatic carbocycles. The van der Waals surface area contributed by atoms with Gasteiger partial charge in [-0.3, -0.25) is 14.9 Å². The number of pyridine rings is 1. The Morgan fingerprint density at radius 2 is 2.00 bits per heavy atom. The number of fused-ring (bicyclic) bond motifs is 1. The van der Waals surface area contributed by atoms with Crippen LogP contribution in [0.2, 0.25) is 0 Å². The van der Waals surface area contributed by atoms with Crippen molar-refractivity contribution in [2.75, 3.05) is 12.8 Å². The maximum Gasteiger partial charge on any atom is 0.264 e. The molecular formula is C19H25N5O. The van der Waals surface area contributed by atoms with Crippen LogP contribution in [-0.4, -0.2) is 27.5 Å². The lowest BCUT2D eigenvalue weighted by Crippen LogP contribution is -2.28. The molecule has 2 aliphatic rings.